The lowest BCUT2D eigenvalue weighted by Gasteiger charge is -2.42. The number of aromatic nitrogens is 2. The minimum absolute atomic E-state index is 0.0490. The van der Waals surface area contributed by atoms with E-state index in [0.717, 1.165) is 37.0 Å². The Balaban J connectivity index is 1.28. The first-order valence-corrected chi connectivity index (χ1v) is 14.0. The van der Waals surface area contributed by atoms with Gasteiger partial charge in [0.2, 0.25) is 5.95 Å². The summed E-state index contributed by atoms with van der Waals surface area (Å²) in [6.45, 7) is 3.10. The van der Waals surface area contributed by atoms with Gasteiger partial charge in [0.15, 0.2) is 0 Å². The van der Waals surface area contributed by atoms with Crippen LogP contribution in [0, 0.1) is 5.92 Å². The van der Waals surface area contributed by atoms with Crippen LogP contribution in [0.15, 0.2) is 28.6 Å². The first-order valence-electron chi connectivity index (χ1n) is 11.7. The van der Waals surface area contributed by atoms with E-state index < -0.39 is 10.0 Å². The van der Waals surface area contributed by atoms with Crippen molar-refractivity contribution in [1.82, 2.24) is 24.5 Å². The maximum Gasteiger partial charge on any atom is 0.317 e. The van der Waals surface area contributed by atoms with Crippen LogP contribution in [0.3, 0.4) is 0 Å². The molecule has 2 aliphatic heterocycles. The molecule has 2 amide bonds. The van der Waals surface area contributed by atoms with Crippen molar-refractivity contribution in [3.05, 3.63) is 24.4 Å². The van der Waals surface area contributed by atoms with Gasteiger partial charge in [-0.1, -0.05) is 12.8 Å². The predicted molar refractivity (Wildman–Crippen MR) is 128 cm³/mol. The number of urea groups is 1. The molecule has 3 aliphatic rings. The van der Waals surface area contributed by atoms with Gasteiger partial charge < -0.3 is 15.5 Å². The monoisotopic (exact) mass is 490 g/mol. The molecule has 4 heterocycles. The van der Waals surface area contributed by atoms with Gasteiger partial charge in [-0.25, -0.2) is 23.2 Å². The van der Waals surface area contributed by atoms with E-state index in [0.29, 0.717) is 54.5 Å². The molecule has 2 aromatic rings. The van der Waals surface area contributed by atoms with Crippen molar-refractivity contribution in [1.29, 1.82) is 0 Å². The fourth-order valence-corrected chi connectivity index (χ4v) is 8.36. The Morgan fingerprint density at radius 3 is 2.82 bits per heavy atom. The summed E-state index contributed by atoms with van der Waals surface area (Å²) in [6.07, 6.45) is 8.20. The molecule has 2 N–H and O–H groups in total. The number of hydrogen-bond donors (Lipinski definition) is 2. The predicted octanol–water partition coefficient (Wildman–Crippen LogP) is 2.99. The van der Waals surface area contributed by atoms with Crippen LogP contribution in [0.4, 0.5) is 10.7 Å². The number of carbonyl (C=O) groups is 1. The van der Waals surface area contributed by atoms with Crippen molar-refractivity contribution in [3.63, 3.8) is 0 Å². The fraction of sp³-hybridized carbons (Fsp3) is 0.591. The van der Waals surface area contributed by atoms with Crippen molar-refractivity contribution < 1.29 is 13.2 Å². The highest BCUT2D eigenvalue weighted by Gasteiger charge is 2.40. The van der Waals surface area contributed by atoms with E-state index in [4.69, 9.17) is 0 Å². The van der Waals surface area contributed by atoms with Crippen LogP contribution in [0.1, 0.15) is 38.5 Å². The Morgan fingerprint density at radius 1 is 1.12 bits per heavy atom. The van der Waals surface area contributed by atoms with E-state index >= 15 is 0 Å². The third kappa shape index (κ3) is 4.71. The number of carbonyl (C=O) groups excluding carboxylic acids is 1. The topological polar surface area (TPSA) is 108 Å². The molecule has 1 aliphatic carbocycles. The Bertz CT molecular complexity index is 1100. The molecule has 0 spiro atoms. The van der Waals surface area contributed by atoms with Gasteiger partial charge in [-0.2, -0.15) is 4.31 Å². The molecule has 2 aromatic heterocycles. The molecule has 2 atom stereocenters. The molecule has 5 rings (SSSR count). The third-order valence-electron chi connectivity index (χ3n) is 6.85. The molecule has 11 heteroatoms. The van der Waals surface area contributed by atoms with Gasteiger partial charge in [0, 0.05) is 45.0 Å². The number of anilines is 1. The Kier molecular flexibility index (Phi) is 6.53. The van der Waals surface area contributed by atoms with Gasteiger partial charge in [0.25, 0.3) is 10.0 Å². The lowest BCUT2D eigenvalue weighted by atomic mass is 9.79. The molecule has 178 valence electrons. The zero-order valence-corrected chi connectivity index (χ0v) is 20.2. The number of fused-ring (bicyclic) bond motifs is 1. The normalized spacial score (nSPS) is 23.9. The molecule has 33 heavy (non-hydrogen) atoms. The highest BCUT2D eigenvalue weighted by molar-refractivity contribution is 7.91. The van der Waals surface area contributed by atoms with Gasteiger partial charge in [-0.05, 0) is 49.8 Å². The molecule has 3 fully saturated rings. The summed E-state index contributed by atoms with van der Waals surface area (Å²) in [6, 6.07) is 5.44. The smallest absolute Gasteiger partial charge is 0.317 e. The standard InChI is InChI=1S/C22H30N6O3S2/c29-22-25-12-15-27(22)14-11-24-21-23-10-9-17(26-21)19-7-8-20(32-19)33(30,31)28-13-3-5-16-4-1-2-6-18(16)28/h7-10,16,18H,1-6,11-15H2,(H,25,29)(H,23,24,26). The van der Waals surface area contributed by atoms with Crippen LogP contribution in [-0.4, -0.2) is 72.4 Å². The van der Waals surface area contributed by atoms with Crippen LogP contribution < -0.4 is 10.6 Å². The number of nitrogens with one attached hydrogen (secondary N) is 2. The van der Waals surface area contributed by atoms with Crippen molar-refractivity contribution >= 4 is 33.3 Å². The van der Waals surface area contributed by atoms with Gasteiger partial charge in [-0.3, -0.25) is 0 Å². The number of sulfonamides is 1. The second-order valence-corrected chi connectivity index (χ2v) is 12.1. The van der Waals surface area contributed by atoms with Gasteiger partial charge in [0.05, 0.1) is 10.6 Å². The zero-order chi connectivity index (χ0) is 22.8. The number of amides is 2. The third-order valence-corrected chi connectivity index (χ3v) is 10.4. The average Bonchev–Trinajstić information content (AvgIpc) is 3.49. The Labute approximate surface area is 198 Å². The van der Waals surface area contributed by atoms with Crippen LogP contribution in [0.25, 0.3) is 10.6 Å². The van der Waals surface area contributed by atoms with Crippen LogP contribution in [0.5, 0.6) is 0 Å². The second-order valence-electron chi connectivity index (χ2n) is 8.90. The van der Waals surface area contributed by atoms with Gasteiger partial charge in [0.1, 0.15) is 4.21 Å². The van der Waals surface area contributed by atoms with E-state index in [1.165, 1.54) is 17.8 Å². The van der Waals surface area contributed by atoms with Crippen molar-refractivity contribution in [2.45, 2.75) is 48.8 Å². The number of rotatable bonds is 7. The van der Waals surface area contributed by atoms with E-state index in [1.807, 2.05) is 6.07 Å². The van der Waals surface area contributed by atoms with E-state index in [1.54, 1.807) is 27.5 Å². The SMILES string of the molecule is O=C1NCCN1CCNc1nccc(-c2ccc(S(=O)(=O)N3CCCC4CCCCC43)s2)n1. The maximum atomic E-state index is 13.5. The van der Waals surface area contributed by atoms with E-state index in [9.17, 15) is 13.2 Å². The molecule has 0 bridgehead atoms. The summed E-state index contributed by atoms with van der Waals surface area (Å²) < 4.78 is 29.2. The molecular formula is C22H30N6O3S2. The van der Waals surface area contributed by atoms with Crippen molar-refractivity contribution in [2.24, 2.45) is 5.92 Å². The lowest BCUT2D eigenvalue weighted by molar-refractivity contribution is 0.129. The lowest BCUT2D eigenvalue weighted by Crippen LogP contribution is -2.49. The summed E-state index contributed by atoms with van der Waals surface area (Å²) >= 11 is 1.27. The molecule has 2 saturated heterocycles. The Morgan fingerprint density at radius 2 is 1.97 bits per heavy atom. The second kappa shape index (κ2) is 9.55. The number of nitrogens with zero attached hydrogens (tertiary/aromatic N) is 4. The van der Waals surface area contributed by atoms with Crippen LogP contribution in [0.2, 0.25) is 0 Å². The first-order chi connectivity index (χ1) is 16.0. The number of hydrogen-bond acceptors (Lipinski definition) is 7. The van der Waals surface area contributed by atoms with Crippen molar-refractivity contribution in [3.8, 4) is 10.6 Å². The number of thiophene rings is 1. The molecule has 0 aromatic carbocycles. The van der Waals surface area contributed by atoms with Gasteiger partial charge in [-0.15, -0.1) is 11.3 Å². The molecule has 2 unspecified atom stereocenters. The molecule has 1 saturated carbocycles. The van der Waals surface area contributed by atoms with E-state index in [2.05, 4.69) is 20.6 Å². The largest absolute Gasteiger partial charge is 0.352 e. The Hall–Kier alpha value is -2.24. The summed E-state index contributed by atoms with van der Waals surface area (Å²) in [7, 11) is -3.51. The van der Waals surface area contributed by atoms with Gasteiger partial charge >= 0.3 is 6.03 Å². The quantitative estimate of drug-likeness (QED) is 0.618. The van der Waals surface area contributed by atoms with Crippen LogP contribution >= 0.6 is 11.3 Å². The fourth-order valence-electron chi connectivity index (χ4n) is 5.20. The molecule has 0 radical (unpaired) electrons. The summed E-state index contributed by atoms with van der Waals surface area (Å²) in [5, 5.41) is 5.94. The van der Waals surface area contributed by atoms with Crippen molar-refractivity contribution in [2.75, 3.05) is 38.0 Å². The zero-order valence-electron chi connectivity index (χ0n) is 18.6. The average molecular weight is 491 g/mol. The minimum atomic E-state index is -3.51. The van der Waals surface area contributed by atoms with Crippen LogP contribution in [-0.2, 0) is 10.0 Å². The van der Waals surface area contributed by atoms with E-state index in [-0.39, 0.29) is 12.1 Å². The minimum Gasteiger partial charge on any atom is -0.352 e. The maximum absolute atomic E-state index is 13.5. The summed E-state index contributed by atoms with van der Waals surface area (Å²) in [5.41, 5.74) is 0.687. The molecule has 9 nitrogen and oxygen atoms in total. The highest BCUT2D eigenvalue weighted by atomic mass is 32.2. The summed E-state index contributed by atoms with van der Waals surface area (Å²) in [4.78, 5) is 23.0. The molecular weight excluding hydrogens is 460 g/mol. The first kappa shape index (κ1) is 22.5. The highest BCUT2D eigenvalue weighted by Crippen LogP contribution is 2.40. The summed E-state index contributed by atoms with van der Waals surface area (Å²) in [5.74, 6) is 0.967. The number of piperidine rings is 1.